The monoisotopic (exact) mass is 318 g/mol. The summed E-state index contributed by atoms with van der Waals surface area (Å²) in [5.74, 6) is -1.68. The molecular weight excluding hydrogens is 292 g/mol. The highest BCUT2D eigenvalue weighted by atomic mass is 16.6. The summed E-state index contributed by atoms with van der Waals surface area (Å²) in [6, 6.07) is 0. The third-order valence-corrected chi connectivity index (χ3v) is 2.56. The number of ether oxygens (including phenoxy) is 1. The fourth-order valence-corrected chi connectivity index (χ4v) is 1.54. The Bertz CT molecular complexity index is 378. The molecule has 0 aromatic heterocycles. The topological polar surface area (TPSA) is 116 Å². The maximum atomic E-state index is 11.3. The summed E-state index contributed by atoms with van der Waals surface area (Å²) in [5.41, 5.74) is -0.530. The Morgan fingerprint density at radius 3 is 2.27 bits per heavy atom. The van der Waals surface area contributed by atoms with Crippen LogP contribution in [0.1, 0.15) is 52.9 Å². The van der Waals surface area contributed by atoms with Gasteiger partial charge < -0.3 is 15.2 Å². The molecule has 0 aromatic carbocycles. The van der Waals surface area contributed by atoms with Crippen molar-refractivity contribution in [3.63, 3.8) is 0 Å². The van der Waals surface area contributed by atoms with E-state index < -0.39 is 23.6 Å². The Kier molecular flexibility index (Phi) is 9.16. The summed E-state index contributed by atoms with van der Waals surface area (Å²) < 4.78 is 5.07. The standard InChI is InChI=1S/C14H26N2O6/c1-14(2,3)22-13(20)15-9-5-4-6-10-16(21)11(17)7-8-12(18)19/h21H,4-10H2,1-3H3,(H,15,20)(H,18,19). The quantitative estimate of drug-likeness (QED) is 0.339. The Morgan fingerprint density at radius 2 is 1.73 bits per heavy atom. The average molecular weight is 318 g/mol. The first-order chi connectivity index (χ1) is 10.1. The van der Waals surface area contributed by atoms with Crippen molar-refractivity contribution in [2.24, 2.45) is 0 Å². The molecule has 0 saturated heterocycles. The number of carboxylic acid groups (broad SMARTS) is 1. The van der Waals surface area contributed by atoms with Gasteiger partial charge in [-0.2, -0.15) is 0 Å². The van der Waals surface area contributed by atoms with Crippen molar-refractivity contribution in [1.29, 1.82) is 0 Å². The number of alkyl carbamates (subject to hydrolysis) is 1. The van der Waals surface area contributed by atoms with Crippen LogP contribution in [0.25, 0.3) is 0 Å². The molecule has 8 heteroatoms. The van der Waals surface area contributed by atoms with Gasteiger partial charge in [-0.15, -0.1) is 0 Å². The lowest BCUT2D eigenvalue weighted by Crippen LogP contribution is -2.33. The van der Waals surface area contributed by atoms with Crippen LogP contribution in [0.2, 0.25) is 0 Å². The zero-order valence-electron chi connectivity index (χ0n) is 13.4. The molecule has 3 N–H and O–H groups in total. The van der Waals surface area contributed by atoms with Gasteiger partial charge in [-0.1, -0.05) is 0 Å². The Morgan fingerprint density at radius 1 is 1.09 bits per heavy atom. The number of nitrogens with one attached hydrogen (secondary N) is 1. The number of amides is 2. The van der Waals surface area contributed by atoms with Gasteiger partial charge in [0.25, 0.3) is 0 Å². The number of nitrogens with zero attached hydrogens (tertiary/aromatic N) is 1. The molecule has 0 aromatic rings. The van der Waals surface area contributed by atoms with E-state index in [0.29, 0.717) is 30.9 Å². The summed E-state index contributed by atoms with van der Waals surface area (Å²) in [6.07, 6.45) is 0.975. The zero-order valence-corrected chi connectivity index (χ0v) is 13.4. The van der Waals surface area contributed by atoms with E-state index in [2.05, 4.69) is 5.32 Å². The third kappa shape index (κ3) is 12.0. The highest BCUT2D eigenvalue weighted by Gasteiger charge is 2.15. The number of rotatable bonds is 9. The molecule has 0 radical (unpaired) electrons. The fraction of sp³-hybridized carbons (Fsp3) is 0.786. The molecule has 2 amide bonds. The SMILES string of the molecule is CC(C)(C)OC(=O)NCCCCCN(O)C(=O)CCC(=O)O. The molecule has 0 heterocycles. The highest BCUT2D eigenvalue weighted by molar-refractivity contribution is 5.79. The molecule has 0 aliphatic carbocycles. The second-order valence-corrected chi connectivity index (χ2v) is 5.90. The van der Waals surface area contributed by atoms with Crippen LogP contribution in [0.4, 0.5) is 4.79 Å². The first-order valence-corrected chi connectivity index (χ1v) is 7.29. The summed E-state index contributed by atoms with van der Waals surface area (Å²) >= 11 is 0. The number of hydrogen-bond donors (Lipinski definition) is 3. The molecule has 0 fully saturated rings. The number of aliphatic carboxylic acids is 1. The predicted molar refractivity (Wildman–Crippen MR) is 78.5 cm³/mol. The van der Waals surface area contributed by atoms with E-state index >= 15 is 0 Å². The number of hydroxylamine groups is 2. The van der Waals surface area contributed by atoms with Crippen LogP contribution in [-0.4, -0.2) is 52.0 Å². The largest absolute Gasteiger partial charge is 0.481 e. The van der Waals surface area contributed by atoms with Gasteiger partial charge in [-0.25, -0.2) is 9.86 Å². The summed E-state index contributed by atoms with van der Waals surface area (Å²) in [6.45, 7) is 5.94. The van der Waals surface area contributed by atoms with Gasteiger partial charge in [-0.3, -0.25) is 14.8 Å². The number of carboxylic acids is 1. The molecule has 128 valence electrons. The van der Waals surface area contributed by atoms with E-state index in [1.54, 1.807) is 20.8 Å². The number of unbranched alkanes of at least 4 members (excludes halogenated alkanes) is 2. The Balaban J connectivity index is 3.62. The molecule has 0 unspecified atom stereocenters. The second-order valence-electron chi connectivity index (χ2n) is 5.90. The predicted octanol–water partition coefficient (Wildman–Crippen LogP) is 1.76. The molecule has 22 heavy (non-hydrogen) atoms. The average Bonchev–Trinajstić information content (AvgIpc) is 2.37. The number of carbonyl (C=O) groups is 3. The lowest BCUT2D eigenvalue weighted by Gasteiger charge is -2.19. The minimum Gasteiger partial charge on any atom is -0.481 e. The molecule has 0 aliphatic rings. The lowest BCUT2D eigenvalue weighted by atomic mass is 10.2. The molecule has 0 spiro atoms. The van der Waals surface area contributed by atoms with Crippen LogP contribution in [0.5, 0.6) is 0 Å². The smallest absolute Gasteiger partial charge is 0.407 e. The van der Waals surface area contributed by atoms with Crippen LogP contribution in [0, 0.1) is 0 Å². The first-order valence-electron chi connectivity index (χ1n) is 7.29. The van der Waals surface area contributed by atoms with E-state index in [4.69, 9.17) is 9.84 Å². The fourth-order valence-electron chi connectivity index (χ4n) is 1.54. The van der Waals surface area contributed by atoms with Crippen LogP contribution in [0.3, 0.4) is 0 Å². The maximum absolute atomic E-state index is 11.3. The number of carbonyl (C=O) groups excluding carboxylic acids is 2. The normalized spacial score (nSPS) is 10.9. The minimum atomic E-state index is -1.07. The number of hydrogen-bond acceptors (Lipinski definition) is 5. The van der Waals surface area contributed by atoms with Crippen molar-refractivity contribution in [1.82, 2.24) is 10.4 Å². The van der Waals surface area contributed by atoms with Crippen molar-refractivity contribution in [2.75, 3.05) is 13.1 Å². The van der Waals surface area contributed by atoms with E-state index in [1.807, 2.05) is 0 Å². The molecule has 8 nitrogen and oxygen atoms in total. The van der Waals surface area contributed by atoms with Crippen molar-refractivity contribution in [2.45, 2.75) is 58.5 Å². The van der Waals surface area contributed by atoms with Gasteiger partial charge in [0.15, 0.2) is 0 Å². The first kappa shape index (κ1) is 20.2. The Hall–Kier alpha value is -1.83. The van der Waals surface area contributed by atoms with Gasteiger partial charge in [0.2, 0.25) is 5.91 Å². The molecule has 0 aliphatic heterocycles. The van der Waals surface area contributed by atoms with Crippen LogP contribution in [0.15, 0.2) is 0 Å². The van der Waals surface area contributed by atoms with Crippen LogP contribution in [-0.2, 0) is 14.3 Å². The summed E-state index contributed by atoms with van der Waals surface area (Å²) in [5, 5.41) is 21.0. The Labute approximate surface area is 130 Å². The highest BCUT2D eigenvalue weighted by Crippen LogP contribution is 2.06. The van der Waals surface area contributed by atoms with E-state index in [-0.39, 0.29) is 19.4 Å². The van der Waals surface area contributed by atoms with Gasteiger partial charge in [0.1, 0.15) is 5.60 Å². The van der Waals surface area contributed by atoms with E-state index in [0.717, 1.165) is 0 Å². The van der Waals surface area contributed by atoms with Crippen molar-refractivity contribution < 1.29 is 29.4 Å². The van der Waals surface area contributed by atoms with Gasteiger partial charge >= 0.3 is 12.1 Å². The van der Waals surface area contributed by atoms with Gasteiger partial charge in [0.05, 0.1) is 6.42 Å². The second kappa shape index (κ2) is 9.99. The molecule has 0 saturated carbocycles. The van der Waals surface area contributed by atoms with Crippen molar-refractivity contribution in [3.05, 3.63) is 0 Å². The van der Waals surface area contributed by atoms with Crippen LogP contribution >= 0.6 is 0 Å². The maximum Gasteiger partial charge on any atom is 0.407 e. The van der Waals surface area contributed by atoms with Crippen molar-refractivity contribution in [3.8, 4) is 0 Å². The van der Waals surface area contributed by atoms with Gasteiger partial charge in [0, 0.05) is 19.5 Å². The van der Waals surface area contributed by atoms with E-state index in [1.165, 1.54) is 0 Å². The van der Waals surface area contributed by atoms with E-state index in [9.17, 15) is 19.6 Å². The summed E-state index contributed by atoms with van der Waals surface area (Å²) in [4.78, 5) is 33.0. The molecular formula is C14H26N2O6. The third-order valence-electron chi connectivity index (χ3n) is 2.56. The molecule has 0 bridgehead atoms. The van der Waals surface area contributed by atoms with Crippen LogP contribution < -0.4 is 5.32 Å². The lowest BCUT2D eigenvalue weighted by molar-refractivity contribution is -0.166. The molecule has 0 rings (SSSR count). The molecule has 0 atom stereocenters. The summed E-state index contributed by atoms with van der Waals surface area (Å²) in [7, 11) is 0. The minimum absolute atomic E-state index is 0.144. The van der Waals surface area contributed by atoms with Gasteiger partial charge in [-0.05, 0) is 40.0 Å². The zero-order chi connectivity index (χ0) is 17.2. The van der Waals surface area contributed by atoms with Crippen molar-refractivity contribution >= 4 is 18.0 Å².